The number of carboxylic acid groups (broad SMARTS) is 1. The summed E-state index contributed by atoms with van der Waals surface area (Å²) >= 11 is 0. The fourth-order valence-electron chi connectivity index (χ4n) is 0.540. The van der Waals surface area contributed by atoms with Gasteiger partial charge in [0.2, 0.25) is 0 Å². The first-order valence-electron chi connectivity index (χ1n) is 3.30. The predicted molar refractivity (Wildman–Crippen MR) is 36.7 cm³/mol. The second kappa shape index (κ2) is 4.13. The van der Waals surface area contributed by atoms with Crippen molar-refractivity contribution < 1.29 is 23.1 Å². The minimum atomic E-state index is -4.21. The van der Waals surface area contributed by atoms with Crippen LogP contribution in [0.25, 0.3) is 0 Å². The zero-order valence-corrected chi connectivity index (χ0v) is 6.48. The smallest absolute Gasteiger partial charge is 0.389 e. The molecule has 0 aliphatic rings. The zero-order valence-electron chi connectivity index (χ0n) is 6.48. The third-order valence-electron chi connectivity index (χ3n) is 1.22. The fraction of sp³-hybridized carbons (Fsp3) is 0.571. The van der Waals surface area contributed by atoms with Crippen molar-refractivity contribution in [1.82, 2.24) is 0 Å². The maximum Gasteiger partial charge on any atom is 0.389 e. The highest BCUT2D eigenvalue weighted by Crippen LogP contribution is 2.21. The van der Waals surface area contributed by atoms with Crippen LogP contribution in [0.1, 0.15) is 19.8 Å². The molecular weight excluding hydrogens is 173 g/mol. The van der Waals surface area contributed by atoms with E-state index in [2.05, 4.69) is 0 Å². The molecule has 5 heteroatoms. The minimum absolute atomic E-state index is 0.0562. The largest absolute Gasteiger partial charge is 0.478 e. The third kappa shape index (κ3) is 5.76. The Kier molecular flexibility index (Phi) is 3.79. The molecule has 0 aromatic rings. The summed E-state index contributed by atoms with van der Waals surface area (Å²) in [5, 5.41) is 8.26. The molecule has 12 heavy (non-hydrogen) atoms. The number of allylic oxidation sites excluding steroid dienone is 1. The number of rotatable bonds is 3. The van der Waals surface area contributed by atoms with Crippen molar-refractivity contribution in [3.63, 3.8) is 0 Å². The lowest BCUT2D eigenvalue weighted by Crippen LogP contribution is -2.06. The van der Waals surface area contributed by atoms with Gasteiger partial charge in [-0.1, -0.05) is 6.08 Å². The summed E-state index contributed by atoms with van der Waals surface area (Å²) in [5.74, 6) is -1.18. The van der Waals surface area contributed by atoms with Crippen LogP contribution >= 0.6 is 0 Å². The van der Waals surface area contributed by atoms with Crippen LogP contribution in [-0.4, -0.2) is 17.3 Å². The second-order valence-electron chi connectivity index (χ2n) is 2.35. The Morgan fingerprint density at radius 3 is 2.33 bits per heavy atom. The van der Waals surface area contributed by atoms with Crippen molar-refractivity contribution in [2.75, 3.05) is 0 Å². The maximum atomic E-state index is 11.5. The lowest BCUT2D eigenvalue weighted by molar-refractivity contribution is -0.135. The van der Waals surface area contributed by atoms with Crippen LogP contribution in [0, 0.1) is 0 Å². The first-order chi connectivity index (χ1) is 5.33. The van der Waals surface area contributed by atoms with E-state index in [1.54, 1.807) is 0 Å². The standard InChI is InChI=1S/C7H9F3O2/c1-5(6(11)12)3-2-4-7(8,9)10/h3H,2,4H2,1H3,(H,11,12). The molecule has 0 radical (unpaired) electrons. The molecule has 0 aliphatic heterocycles. The molecule has 0 aliphatic carbocycles. The van der Waals surface area contributed by atoms with E-state index in [9.17, 15) is 18.0 Å². The van der Waals surface area contributed by atoms with Crippen molar-refractivity contribution in [3.8, 4) is 0 Å². The average molecular weight is 182 g/mol. The molecule has 0 saturated heterocycles. The summed E-state index contributed by atoms with van der Waals surface area (Å²) in [6, 6.07) is 0. The Labute approximate surface area is 67.7 Å². The van der Waals surface area contributed by atoms with Crippen LogP contribution in [0.5, 0.6) is 0 Å². The molecular formula is C7H9F3O2. The zero-order chi connectivity index (χ0) is 9.78. The number of hydrogen-bond acceptors (Lipinski definition) is 1. The molecule has 1 N–H and O–H groups in total. The summed E-state index contributed by atoms with van der Waals surface area (Å²) in [6.45, 7) is 1.26. The van der Waals surface area contributed by atoms with Gasteiger partial charge >= 0.3 is 12.1 Å². The summed E-state index contributed by atoms with van der Waals surface area (Å²) < 4.78 is 34.6. The summed E-state index contributed by atoms with van der Waals surface area (Å²) in [6.07, 6.45) is -4.40. The van der Waals surface area contributed by atoms with E-state index in [0.717, 1.165) is 6.08 Å². The Hall–Kier alpha value is -1.00. The monoisotopic (exact) mass is 182 g/mol. The van der Waals surface area contributed by atoms with Crippen LogP contribution in [0.3, 0.4) is 0 Å². The van der Waals surface area contributed by atoms with Gasteiger partial charge in [-0.05, 0) is 13.3 Å². The third-order valence-corrected chi connectivity index (χ3v) is 1.22. The highest BCUT2D eigenvalue weighted by molar-refractivity contribution is 5.85. The Bertz CT molecular complexity index is 193. The first kappa shape index (κ1) is 11.0. The normalized spacial score (nSPS) is 13.2. The van der Waals surface area contributed by atoms with Crippen LogP contribution in [-0.2, 0) is 4.79 Å². The Morgan fingerprint density at radius 2 is 2.00 bits per heavy atom. The molecule has 70 valence electrons. The van der Waals surface area contributed by atoms with E-state index in [1.165, 1.54) is 6.92 Å². The molecule has 0 aromatic carbocycles. The van der Waals surface area contributed by atoms with E-state index >= 15 is 0 Å². The lowest BCUT2D eigenvalue weighted by atomic mass is 10.2. The number of aliphatic carboxylic acids is 1. The average Bonchev–Trinajstić information content (AvgIpc) is 1.84. The molecule has 0 bridgehead atoms. The van der Waals surface area contributed by atoms with Crippen molar-refractivity contribution in [2.24, 2.45) is 0 Å². The minimum Gasteiger partial charge on any atom is -0.478 e. The van der Waals surface area contributed by atoms with Crippen LogP contribution in [0.15, 0.2) is 11.6 Å². The topological polar surface area (TPSA) is 37.3 Å². The van der Waals surface area contributed by atoms with Gasteiger partial charge in [-0.25, -0.2) is 4.79 Å². The molecule has 0 rings (SSSR count). The molecule has 0 unspecified atom stereocenters. The van der Waals surface area contributed by atoms with E-state index in [0.29, 0.717) is 0 Å². The maximum absolute atomic E-state index is 11.5. The molecule has 0 aromatic heterocycles. The molecule has 0 fully saturated rings. The van der Waals surface area contributed by atoms with Crippen molar-refractivity contribution in [2.45, 2.75) is 25.9 Å². The molecule has 2 nitrogen and oxygen atoms in total. The molecule has 0 spiro atoms. The first-order valence-corrected chi connectivity index (χ1v) is 3.30. The van der Waals surface area contributed by atoms with Crippen LogP contribution in [0.2, 0.25) is 0 Å². The highest BCUT2D eigenvalue weighted by Gasteiger charge is 2.25. The molecule has 0 atom stereocenters. The fourth-order valence-corrected chi connectivity index (χ4v) is 0.540. The van der Waals surface area contributed by atoms with Crippen LogP contribution < -0.4 is 0 Å². The van der Waals surface area contributed by atoms with Crippen molar-refractivity contribution in [1.29, 1.82) is 0 Å². The van der Waals surface area contributed by atoms with Gasteiger partial charge in [-0.3, -0.25) is 0 Å². The number of carbonyl (C=O) groups is 1. The predicted octanol–water partition coefficient (Wildman–Crippen LogP) is 2.36. The van der Waals surface area contributed by atoms with Gasteiger partial charge in [-0.2, -0.15) is 13.2 Å². The van der Waals surface area contributed by atoms with Crippen LogP contribution in [0.4, 0.5) is 13.2 Å². The van der Waals surface area contributed by atoms with E-state index < -0.39 is 18.6 Å². The second-order valence-corrected chi connectivity index (χ2v) is 2.35. The molecule has 0 heterocycles. The van der Waals surface area contributed by atoms with E-state index in [4.69, 9.17) is 5.11 Å². The molecule has 0 saturated carbocycles. The SMILES string of the molecule is CC(=CCCC(F)(F)F)C(=O)O. The van der Waals surface area contributed by atoms with Gasteiger partial charge in [0.1, 0.15) is 0 Å². The van der Waals surface area contributed by atoms with Gasteiger partial charge in [-0.15, -0.1) is 0 Å². The summed E-state index contributed by atoms with van der Waals surface area (Å²) in [4.78, 5) is 10.1. The molecule has 0 amide bonds. The van der Waals surface area contributed by atoms with Gasteiger partial charge in [0.05, 0.1) is 0 Å². The van der Waals surface area contributed by atoms with E-state index in [-0.39, 0.29) is 12.0 Å². The summed E-state index contributed by atoms with van der Waals surface area (Å²) in [5.41, 5.74) is -0.0562. The van der Waals surface area contributed by atoms with Crippen molar-refractivity contribution in [3.05, 3.63) is 11.6 Å². The van der Waals surface area contributed by atoms with E-state index in [1.807, 2.05) is 0 Å². The summed E-state index contributed by atoms with van der Waals surface area (Å²) in [7, 11) is 0. The number of carboxylic acids is 1. The number of halogens is 3. The highest BCUT2D eigenvalue weighted by atomic mass is 19.4. The Balaban J connectivity index is 3.83. The Morgan fingerprint density at radius 1 is 1.50 bits per heavy atom. The van der Waals surface area contributed by atoms with Gasteiger partial charge in [0, 0.05) is 12.0 Å². The van der Waals surface area contributed by atoms with Gasteiger partial charge in [0.25, 0.3) is 0 Å². The quantitative estimate of drug-likeness (QED) is 0.680. The number of hydrogen-bond donors (Lipinski definition) is 1. The number of alkyl halides is 3. The van der Waals surface area contributed by atoms with Crippen molar-refractivity contribution >= 4 is 5.97 Å². The lowest BCUT2D eigenvalue weighted by Gasteiger charge is -2.02. The van der Waals surface area contributed by atoms with Gasteiger partial charge in [0.15, 0.2) is 0 Å². The van der Waals surface area contributed by atoms with Gasteiger partial charge < -0.3 is 5.11 Å².